The van der Waals surface area contributed by atoms with Gasteiger partial charge in [-0.2, -0.15) is 0 Å². The van der Waals surface area contributed by atoms with Crippen molar-refractivity contribution in [1.29, 1.82) is 0 Å². The van der Waals surface area contributed by atoms with Crippen LogP contribution in [0.5, 0.6) is 0 Å². The molecule has 0 heterocycles. The zero-order valence-corrected chi connectivity index (χ0v) is 10.7. The zero-order chi connectivity index (χ0) is 13.8. The van der Waals surface area contributed by atoms with Gasteiger partial charge in [0.1, 0.15) is 0 Å². The summed E-state index contributed by atoms with van der Waals surface area (Å²) in [5, 5.41) is 0. The molecule has 0 saturated heterocycles. The van der Waals surface area contributed by atoms with Gasteiger partial charge in [-0.3, -0.25) is 0 Å². The quantitative estimate of drug-likeness (QED) is 0.651. The maximum absolute atomic E-state index is 11.8. The number of nitrogen functional groups attached to an aromatic ring is 1. The first-order valence-corrected chi connectivity index (χ1v) is 5.93. The van der Waals surface area contributed by atoms with Gasteiger partial charge < -0.3 is 16.2 Å². The van der Waals surface area contributed by atoms with E-state index in [1.165, 1.54) is 7.11 Å². The Morgan fingerprint density at radius 2 is 1.89 bits per heavy atom. The van der Waals surface area contributed by atoms with Crippen LogP contribution in [0.15, 0.2) is 42.5 Å². The summed E-state index contributed by atoms with van der Waals surface area (Å²) in [6.45, 7) is 0.434. The lowest BCUT2D eigenvalue weighted by Crippen LogP contribution is -2.05. The van der Waals surface area contributed by atoms with Crippen LogP contribution < -0.4 is 11.5 Å². The zero-order valence-electron chi connectivity index (χ0n) is 10.7. The third kappa shape index (κ3) is 2.58. The van der Waals surface area contributed by atoms with Gasteiger partial charge >= 0.3 is 5.97 Å². The molecule has 19 heavy (non-hydrogen) atoms. The van der Waals surface area contributed by atoms with Gasteiger partial charge in [0.2, 0.25) is 0 Å². The van der Waals surface area contributed by atoms with Gasteiger partial charge in [0.05, 0.1) is 12.7 Å². The minimum Gasteiger partial charge on any atom is -0.465 e. The molecule has 2 rings (SSSR count). The summed E-state index contributed by atoms with van der Waals surface area (Å²) in [6.07, 6.45) is 0. The number of methoxy groups -OCH3 is 1. The normalized spacial score (nSPS) is 10.2. The molecule has 4 nitrogen and oxygen atoms in total. The van der Waals surface area contributed by atoms with Gasteiger partial charge in [0.15, 0.2) is 0 Å². The van der Waals surface area contributed by atoms with E-state index in [0.29, 0.717) is 17.8 Å². The summed E-state index contributed by atoms with van der Waals surface area (Å²) in [5.41, 5.74) is 15.2. The van der Waals surface area contributed by atoms with E-state index in [4.69, 9.17) is 16.2 Å². The molecule has 0 unspecified atom stereocenters. The molecule has 0 bridgehead atoms. The predicted molar refractivity (Wildman–Crippen MR) is 75.5 cm³/mol. The molecule has 0 aromatic heterocycles. The molecule has 98 valence electrons. The van der Waals surface area contributed by atoms with E-state index in [9.17, 15) is 4.79 Å². The Hall–Kier alpha value is -2.33. The molecule has 0 atom stereocenters. The molecule has 0 saturated carbocycles. The minimum absolute atomic E-state index is 0.377. The highest BCUT2D eigenvalue weighted by Crippen LogP contribution is 2.30. The number of ether oxygens (including phenoxy) is 1. The third-order valence-corrected chi connectivity index (χ3v) is 2.97. The Kier molecular flexibility index (Phi) is 3.82. The number of carbonyl (C=O) groups is 1. The molecule has 4 N–H and O–H groups in total. The highest BCUT2D eigenvalue weighted by molar-refractivity contribution is 5.98. The first-order chi connectivity index (χ1) is 9.17. The molecular formula is C15H16N2O2. The molecule has 0 aliphatic carbocycles. The van der Waals surface area contributed by atoms with Crippen LogP contribution in [-0.4, -0.2) is 13.1 Å². The summed E-state index contributed by atoms with van der Waals surface area (Å²) in [6, 6.07) is 12.8. The van der Waals surface area contributed by atoms with Crippen LogP contribution >= 0.6 is 0 Å². The van der Waals surface area contributed by atoms with E-state index >= 15 is 0 Å². The summed E-state index contributed by atoms with van der Waals surface area (Å²) in [4.78, 5) is 11.8. The number of carbonyl (C=O) groups excluding carboxylic acids is 1. The monoisotopic (exact) mass is 256 g/mol. The van der Waals surface area contributed by atoms with Crippen molar-refractivity contribution in [3.8, 4) is 11.1 Å². The highest BCUT2D eigenvalue weighted by atomic mass is 16.5. The van der Waals surface area contributed by atoms with E-state index in [-0.39, 0.29) is 5.97 Å². The summed E-state index contributed by atoms with van der Waals surface area (Å²) < 4.78 is 4.78. The van der Waals surface area contributed by atoms with Gasteiger partial charge in [0.25, 0.3) is 0 Å². The molecule has 0 amide bonds. The second kappa shape index (κ2) is 5.54. The number of nitrogens with two attached hydrogens (primary N) is 2. The molecule has 0 spiro atoms. The van der Waals surface area contributed by atoms with Crippen molar-refractivity contribution < 1.29 is 9.53 Å². The van der Waals surface area contributed by atoms with Crippen molar-refractivity contribution >= 4 is 11.7 Å². The van der Waals surface area contributed by atoms with Crippen LogP contribution in [0.1, 0.15) is 15.9 Å². The van der Waals surface area contributed by atoms with Gasteiger partial charge in [-0.05, 0) is 23.3 Å². The van der Waals surface area contributed by atoms with Gasteiger partial charge in [-0.15, -0.1) is 0 Å². The lowest BCUT2D eigenvalue weighted by molar-refractivity contribution is 0.0601. The van der Waals surface area contributed by atoms with Crippen LogP contribution in [0.25, 0.3) is 11.1 Å². The van der Waals surface area contributed by atoms with Crippen LogP contribution in [0.3, 0.4) is 0 Å². The first kappa shape index (κ1) is 13.1. The number of anilines is 1. The Morgan fingerprint density at radius 3 is 2.53 bits per heavy atom. The van der Waals surface area contributed by atoms with Crippen LogP contribution in [0.4, 0.5) is 5.69 Å². The summed E-state index contributed by atoms with van der Waals surface area (Å²) in [5.74, 6) is -0.377. The fraction of sp³-hybridized carbons (Fsp3) is 0.133. The minimum atomic E-state index is -0.377. The van der Waals surface area contributed by atoms with E-state index in [1.807, 2.05) is 30.3 Å². The lowest BCUT2D eigenvalue weighted by Gasteiger charge is -2.11. The summed E-state index contributed by atoms with van der Waals surface area (Å²) >= 11 is 0. The Balaban J connectivity index is 2.56. The fourth-order valence-corrected chi connectivity index (χ4v) is 1.99. The maximum atomic E-state index is 11.8. The van der Waals surface area contributed by atoms with E-state index < -0.39 is 0 Å². The second-order valence-corrected chi connectivity index (χ2v) is 4.16. The van der Waals surface area contributed by atoms with Gasteiger partial charge in [-0.25, -0.2) is 4.79 Å². The lowest BCUT2D eigenvalue weighted by atomic mass is 9.97. The van der Waals surface area contributed by atoms with Crippen LogP contribution in [0, 0.1) is 0 Å². The van der Waals surface area contributed by atoms with Gasteiger partial charge in [0, 0.05) is 17.8 Å². The fourth-order valence-electron chi connectivity index (χ4n) is 1.99. The van der Waals surface area contributed by atoms with Gasteiger partial charge in [-0.1, -0.05) is 30.3 Å². The number of esters is 1. The SMILES string of the molecule is COC(=O)c1ccccc1-c1ccc(CN)cc1N. The molecule has 0 radical (unpaired) electrons. The van der Waals surface area contributed by atoms with Crippen LogP contribution in [-0.2, 0) is 11.3 Å². The molecule has 0 aliphatic rings. The topological polar surface area (TPSA) is 78.3 Å². The average molecular weight is 256 g/mol. The molecule has 0 aliphatic heterocycles. The predicted octanol–water partition coefficient (Wildman–Crippen LogP) is 2.18. The van der Waals surface area contributed by atoms with Crippen molar-refractivity contribution in [3.63, 3.8) is 0 Å². The number of benzene rings is 2. The largest absolute Gasteiger partial charge is 0.465 e. The van der Waals surface area contributed by atoms with E-state index in [2.05, 4.69) is 0 Å². The third-order valence-electron chi connectivity index (χ3n) is 2.97. The summed E-state index contributed by atoms with van der Waals surface area (Å²) in [7, 11) is 1.36. The van der Waals surface area contributed by atoms with Crippen molar-refractivity contribution in [1.82, 2.24) is 0 Å². The second-order valence-electron chi connectivity index (χ2n) is 4.16. The smallest absolute Gasteiger partial charge is 0.338 e. The van der Waals surface area contributed by atoms with Crippen molar-refractivity contribution in [3.05, 3.63) is 53.6 Å². The number of rotatable bonds is 3. The molecular weight excluding hydrogens is 240 g/mol. The molecule has 0 fully saturated rings. The van der Waals surface area contributed by atoms with Crippen LogP contribution in [0.2, 0.25) is 0 Å². The Bertz CT molecular complexity index is 609. The van der Waals surface area contributed by atoms with E-state index in [0.717, 1.165) is 16.7 Å². The van der Waals surface area contributed by atoms with E-state index in [1.54, 1.807) is 12.1 Å². The standard InChI is InChI=1S/C15H16N2O2/c1-19-15(18)13-5-3-2-4-11(13)12-7-6-10(9-16)8-14(12)17/h2-8H,9,16-17H2,1H3. The van der Waals surface area contributed by atoms with Crippen molar-refractivity contribution in [2.45, 2.75) is 6.54 Å². The Labute approximate surface area is 112 Å². The molecule has 2 aromatic rings. The Morgan fingerprint density at radius 1 is 1.16 bits per heavy atom. The number of hydrogen-bond donors (Lipinski definition) is 2. The highest BCUT2D eigenvalue weighted by Gasteiger charge is 2.14. The first-order valence-electron chi connectivity index (χ1n) is 5.93. The maximum Gasteiger partial charge on any atom is 0.338 e. The molecule has 2 aromatic carbocycles. The van der Waals surface area contributed by atoms with Crippen molar-refractivity contribution in [2.24, 2.45) is 5.73 Å². The molecule has 4 heteroatoms. The average Bonchev–Trinajstić information content (AvgIpc) is 2.46. The number of hydrogen-bond acceptors (Lipinski definition) is 4. The van der Waals surface area contributed by atoms with Crippen molar-refractivity contribution in [2.75, 3.05) is 12.8 Å².